The van der Waals surface area contributed by atoms with Crippen LogP contribution in [0.15, 0.2) is 0 Å². The molecule has 0 amide bonds. The van der Waals surface area contributed by atoms with Gasteiger partial charge in [0.1, 0.15) is 0 Å². The third-order valence-electron chi connectivity index (χ3n) is 1.70. The molecule has 0 unspecified atom stereocenters. The number of carbonyl (C=O) groups is 1. The average Bonchev–Trinajstić information content (AvgIpc) is 2.39. The number of carboxylic acid groups (broad SMARTS) is 1. The molecule has 1 fully saturated rings. The molecule has 1 rings (SSSR count). The molecule has 1 aliphatic rings. The van der Waals surface area contributed by atoms with Gasteiger partial charge in [-0.2, -0.15) is 0 Å². The highest BCUT2D eigenvalue weighted by Gasteiger charge is 2.08. The van der Waals surface area contributed by atoms with E-state index in [1.54, 1.807) is 0 Å². The number of nitrogens with zero attached hydrogens (tertiary/aromatic N) is 1. The highest BCUT2D eigenvalue weighted by molar-refractivity contribution is 5.86. The molecule has 0 aromatic heterocycles. The molecule has 11 heavy (non-hydrogen) atoms. The quantitative estimate of drug-likeness (QED) is 0.546. The minimum atomic E-state index is -1.04. The van der Waals surface area contributed by atoms with Crippen LogP contribution in [0.25, 0.3) is 0 Å². The van der Waals surface area contributed by atoms with E-state index in [1.807, 2.05) is 0 Å². The van der Waals surface area contributed by atoms with Crippen molar-refractivity contribution < 1.29 is 9.90 Å². The number of aliphatic carboxylic acids is 1. The second kappa shape index (κ2) is 3.99. The van der Waals surface area contributed by atoms with Gasteiger partial charge >= 0.3 is 5.97 Å². The van der Waals surface area contributed by atoms with Crippen LogP contribution >= 0.6 is 0 Å². The smallest absolute Gasteiger partial charge is 0.381 e. The lowest BCUT2D eigenvalue weighted by Crippen LogP contribution is -2.19. The van der Waals surface area contributed by atoms with Gasteiger partial charge in [0.15, 0.2) is 0 Å². The molecular formula is C8H11NO2. The van der Waals surface area contributed by atoms with E-state index in [0.717, 1.165) is 13.1 Å². The van der Waals surface area contributed by atoms with E-state index in [0.29, 0.717) is 6.54 Å². The predicted molar refractivity (Wildman–Crippen MR) is 41.1 cm³/mol. The van der Waals surface area contributed by atoms with Crippen molar-refractivity contribution in [3.8, 4) is 11.8 Å². The first-order valence-corrected chi connectivity index (χ1v) is 3.73. The van der Waals surface area contributed by atoms with Gasteiger partial charge in [-0.25, -0.2) is 4.79 Å². The van der Waals surface area contributed by atoms with Crippen molar-refractivity contribution in [3.05, 3.63) is 0 Å². The summed E-state index contributed by atoms with van der Waals surface area (Å²) in [5, 5.41) is 8.20. The van der Waals surface area contributed by atoms with Crippen LogP contribution in [0.5, 0.6) is 0 Å². The second-order valence-corrected chi connectivity index (χ2v) is 2.59. The Morgan fingerprint density at radius 1 is 1.45 bits per heavy atom. The van der Waals surface area contributed by atoms with Gasteiger partial charge in [0.05, 0.1) is 6.54 Å². The molecule has 0 bridgehead atoms. The zero-order chi connectivity index (χ0) is 8.10. The molecule has 0 aromatic carbocycles. The highest BCUT2D eigenvalue weighted by Crippen LogP contribution is 2.05. The lowest BCUT2D eigenvalue weighted by atomic mass is 10.4. The zero-order valence-corrected chi connectivity index (χ0v) is 6.34. The molecule has 0 atom stereocenters. The molecule has 1 saturated heterocycles. The minimum absolute atomic E-state index is 0.603. The van der Waals surface area contributed by atoms with E-state index in [1.165, 1.54) is 12.8 Å². The molecule has 0 radical (unpaired) electrons. The van der Waals surface area contributed by atoms with E-state index >= 15 is 0 Å². The summed E-state index contributed by atoms with van der Waals surface area (Å²) in [6.07, 6.45) is 2.43. The largest absolute Gasteiger partial charge is 0.472 e. The van der Waals surface area contributed by atoms with Crippen molar-refractivity contribution in [2.45, 2.75) is 12.8 Å². The molecule has 60 valence electrons. The first-order chi connectivity index (χ1) is 5.29. The Morgan fingerprint density at radius 2 is 2.09 bits per heavy atom. The monoisotopic (exact) mass is 153 g/mol. The van der Waals surface area contributed by atoms with Gasteiger partial charge in [-0.1, -0.05) is 5.92 Å². The van der Waals surface area contributed by atoms with Gasteiger partial charge in [0, 0.05) is 5.92 Å². The fourth-order valence-electron chi connectivity index (χ4n) is 1.17. The normalized spacial score (nSPS) is 17.5. The Hall–Kier alpha value is -1.01. The predicted octanol–water partition coefficient (Wildman–Crippen LogP) is 0.170. The SMILES string of the molecule is O=C(O)C#CCN1CCCC1. The Kier molecular flexibility index (Phi) is 2.94. The van der Waals surface area contributed by atoms with E-state index in [9.17, 15) is 4.79 Å². The molecule has 0 aromatic rings. The summed E-state index contributed by atoms with van der Waals surface area (Å²) >= 11 is 0. The number of rotatable bonds is 1. The fraction of sp³-hybridized carbons (Fsp3) is 0.625. The molecular weight excluding hydrogens is 142 g/mol. The molecule has 1 N–H and O–H groups in total. The molecule has 0 aliphatic carbocycles. The van der Waals surface area contributed by atoms with E-state index < -0.39 is 5.97 Å². The lowest BCUT2D eigenvalue weighted by Gasteiger charge is -2.07. The van der Waals surface area contributed by atoms with Crippen LogP contribution in [0.3, 0.4) is 0 Å². The van der Waals surface area contributed by atoms with Crippen molar-refractivity contribution in [1.29, 1.82) is 0 Å². The van der Waals surface area contributed by atoms with Crippen LogP contribution in [-0.2, 0) is 4.79 Å². The Labute approximate surface area is 66.0 Å². The molecule has 0 spiro atoms. The summed E-state index contributed by atoms with van der Waals surface area (Å²) in [4.78, 5) is 12.1. The summed E-state index contributed by atoms with van der Waals surface area (Å²) in [5.41, 5.74) is 0. The van der Waals surface area contributed by atoms with Gasteiger partial charge in [-0.3, -0.25) is 4.90 Å². The van der Waals surface area contributed by atoms with Gasteiger partial charge in [-0.15, -0.1) is 0 Å². The second-order valence-electron chi connectivity index (χ2n) is 2.59. The summed E-state index contributed by atoms with van der Waals surface area (Å²) in [7, 11) is 0. The van der Waals surface area contributed by atoms with Crippen molar-refractivity contribution in [2.24, 2.45) is 0 Å². The van der Waals surface area contributed by atoms with Crippen LogP contribution in [0, 0.1) is 11.8 Å². The lowest BCUT2D eigenvalue weighted by molar-refractivity contribution is -0.130. The van der Waals surface area contributed by atoms with Gasteiger partial charge in [0.25, 0.3) is 0 Å². The minimum Gasteiger partial charge on any atom is -0.472 e. The van der Waals surface area contributed by atoms with Crippen molar-refractivity contribution in [2.75, 3.05) is 19.6 Å². The summed E-state index contributed by atoms with van der Waals surface area (Å²) < 4.78 is 0. The van der Waals surface area contributed by atoms with Crippen LogP contribution in [0.1, 0.15) is 12.8 Å². The number of likely N-dealkylation sites (tertiary alicyclic amines) is 1. The maximum absolute atomic E-state index is 9.98. The van der Waals surface area contributed by atoms with Crippen LogP contribution in [0.2, 0.25) is 0 Å². The molecule has 3 heteroatoms. The van der Waals surface area contributed by atoms with Gasteiger partial charge in [-0.05, 0) is 25.9 Å². The van der Waals surface area contributed by atoms with E-state index in [4.69, 9.17) is 5.11 Å². The number of hydrogen-bond acceptors (Lipinski definition) is 2. The van der Waals surface area contributed by atoms with Crippen LogP contribution in [0.4, 0.5) is 0 Å². The third kappa shape index (κ3) is 3.06. The summed E-state index contributed by atoms with van der Waals surface area (Å²) in [6.45, 7) is 2.73. The fourth-order valence-corrected chi connectivity index (χ4v) is 1.17. The van der Waals surface area contributed by atoms with E-state index in [-0.39, 0.29) is 0 Å². The van der Waals surface area contributed by atoms with Crippen molar-refractivity contribution in [3.63, 3.8) is 0 Å². The van der Waals surface area contributed by atoms with Crippen molar-refractivity contribution in [1.82, 2.24) is 4.90 Å². The van der Waals surface area contributed by atoms with Gasteiger partial charge in [0.2, 0.25) is 0 Å². The summed E-state index contributed by atoms with van der Waals surface area (Å²) in [5.74, 6) is 3.66. The Balaban J connectivity index is 2.22. The highest BCUT2D eigenvalue weighted by atomic mass is 16.4. The number of carboxylic acids is 1. The third-order valence-corrected chi connectivity index (χ3v) is 1.70. The zero-order valence-electron chi connectivity index (χ0n) is 6.34. The van der Waals surface area contributed by atoms with Crippen LogP contribution in [-0.4, -0.2) is 35.6 Å². The standard InChI is InChI=1S/C8H11NO2/c10-8(11)4-3-7-9-5-1-2-6-9/h1-2,5-7H2,(H,10,11). The molecule has 3 nitrogen and oxygen atoms in total. The molecule has 1 heterocycles. The van der Waals surface area contributed by atoms with Gasteiger partial charge < -0.3 is 5.11 Å². The first-order valence-electron chi connectivity index (χ1n) is 3.73. The number of hydrogen-bond donors (Lipinski definition) is 1. The molecule has 1 aliphatic heterocycles. The summed E-state index contributed by atoms with van der Waals surface area (Å²) in [6, 6.07) is 0. The first kappa shape index (κ1) is 8.09. The Bertz CT molecular complexity index is 196. The molecule has 0 saturated carbocycles. The van der Waals surface area contributed by atoms with Crippen molar-refractivity contribution >= 4 is 5.97 Å². The maximum Gasteiger partial charge on any atom is 0.381 e. The van der Waals surface area contributed by atoms with E-state index in [2.05, 4.69) is 16.7 Å². The Morgan fingerprint density at radius 3 is 2.64 bits per heavy atom. The van der Waals surface area contributed by atoms with Crippen LogP contribution < -0.4 is 0 Å². The maximum atomic E-state index is 9.98. The topological polar surface area (TPSA) is 40.5 Å². The average molecular weight is 153 g/mol.